The number of carbonyl (C=O) groups excluding carboxylic acids is 1. The molecule has 1 aromatic carbocycles. The normalized spacial score (nSPS) is 24.7. The molecule has 2 atom stereocenters. The Kier molecular flexibility index (Phi) is 5.67. The summed E-state index contributed by atoms with van der Waals surface area (Å²) in [6.07, 6.45) is 0. The number of methoxy groups -OCH3 is 2. The summed E-state index contributed by atoms with van der Waals surface area (Å²) in [5.74, 6) is 1.45. The van der Waals surface area contributed by atoms with E-state index >= 15 is 0 Å². The van der Waals surface area contributed by atoms with Gasteiger partial charge in [0.05, 0.1) is 31.8 Å². The summed E-state index contributed by atoms with van der Waals surface area (Å²) in [6, 6.07) is 5.24. The number of nitrogens with zero attached hydrogens (tertiary/aromatic N) is 2. The number of piperazine rings is 1. The summed E-state index contributed by atoms with van der Waals surface area (Å²) in [4.78, 5) is 16.5. The van der Waals surface area contributed by atoms with Gasteiger partial charge in [-0.05, 0) is 17.7 Å². The first-order valence-electron chi connectivity index (χ1n) is 9.21. The molecule has 8 heteroatoms. The first kappa shape index (κ1) is 19.9. The van der Waals surface area contributed by atoms with Gasteiger partial charge in [0.1, 0.15) is 11.5 Å². The van der Waals surface area contributed by atoms with Crippen LogP contribution < -0.4 is 9.47 Å². The molecular weight excluding hydrogens is 368 g/mol. The molecule has 0 aliphatic carbocycles. The van der Waals surface area contributed by atoms with E-state index in [1.807, 2.05) is 32.0 Å². The molecule has 0 N–H and O–H groups in total. The van der Waals surface area contributed by atoms with E-state index in [4.69, 9.17) is 9.47 Å². The van der Waals surface area contributed by atoms with Gasteiger partial charge in [0.2, 0.25) is 5.91 Å². The number of hydrogen-bond donors (Lipinski definition) is 0. The molecule has 27 heavy (non-hydrogen) atoms. The number of amides is 1. The van der Waals surface area contributed by atoms with Crippen LogP contribution in [0, 0.1) is 5.92 Å². The number of benzene rings is 1. The lowest BCUT2D eigenvalue weighted by Gasteiger charge is -2.44. The second-order valence-corrected chi connectivity index (χ2v) is 9.74. The van der Waals surface area contributed by atoms with Crippen LogP contribution in [0.25, 0.3) is 0 Å². The van der Waals surface area contributed by atoms with Crippen LogP contribution in [-0.4, -0.2) is 75.0 Å². The summed E-state index contributed by atoms with van der Waals surface area (Å²) in [5, 5.41) is 0. The fourth-order valence-corrected chi connectivity index (χ4v) is 6.03. The number of carbonyl (C=O) groups is 1. The second kappa shape index (κ2) is 7.67. The molecule has 0 unspecified atom stereocenters. The molecule has 2 heterocycles. The Morgan fingerprint density at radius 3 is 2.22 bits per heavy atom. The van der Waals surface area contributed by atoms with Gasteiger partial charge in [0, 0.05) is 37.7 Å². The Bertz CT molecular complexity index is 786. The number of ether oxygens (including phenoxy) is 2. The molecule has 3 rings (SSSR count). The lowest BCUT2D eigenvalue weighted by Crippen LogP contribution is -2.60. The van der Waals surface area contributed by atoms with Crippen molar-refractivity contribution >= 4 is 15.7 Å². The van der Waals surface area contributed by atoms with Gasteiger partial charge in [-0.15, -0.1) is 0 Å². The van der Waals surface area contributed by atoms with Gasteiger partial charge in [-0.25, -0.2) is 8.42 Å². The van der Waals surface area contributed by atoms with Gasteiger partial charge in [0.15, 0.2) is 9.84 Å². The molecule has 2 fully saturated rings. The maximum atomic E-state index is 12.6. The Balaban J connectivity index is 1.85. The van der Waals surface area contributed by atoms with Crippen LogP contribution >= 0.6 is 0 Å². The van der Waals surface area contributed by atoms with Crippen molar-refractivity contribution in [1.29, 1.82) is 0 Å². The van der Waals surface area contributed by atoms with Crippen LogP contribution in [0.3, 0.4) is 0 Å². The van der Waals surface area contributed by atoms with E-state index in [0.29, 0.717) is 31.1 Å². The molecule has 0 saturated carbocycles. The number of rotatable bonds is 5. The molecule has 2 aliphatic heterocycles. The maximum absolute atomic E-state index is 12.6. The molecule has 2 aliphatic rings. The van der Waals surface area contributed by atoms with E-state index < -0.39 is 9.84 Å². The summed E-state index contributed by atoms with van der Waals surface area (Å²) in [5.41, 5.74) is 0.998. The zero-order valence-corrected chi connectivity index (χ0v) is 17.2. The minimum Gasteiger partial charge on any atom is -0.497 e. The van der Waals surface area contributed by atoms with Gasteiger partial charge in [-0.1, -0.05) is 13.8 Å². The summed E-state index contributed by atoms with van der Waals surface area (Å²) in [7, 11) is 0.0544. The molecule has 7 nitrogen and oxygen atoms in total. The van der Waals surface area contributed by atoms with Gasteiger partial charge in [-0.2, -0.15) is 0 Å². The van der Waals surface area contributed by atoms with E-state index in [2.05, 4.69) is 4.90 Å². The first-order valence-corrected chi connectivity index (χ1v) is 11.0. The smallest absolute Gasteiger partial charge is 0.225 e. The van der Waals surface area contributed by atoms with Gasteiger partial charge < -0.3 is 14.4 Å². The zero-order chi connectivity index (χ0) is 19.8. The Morgan fingerprint density at radius 1 is 1.07 bits per heavy atom. The molecule has 2 saturated heterocycles. The van der Waals surface area contributed by atoms with Crippen LogP contribution in [0.5, 0.6) is 11.5 Å². The number of hydrogen-bond acceptors (Lipinski definition) is 6. The molecule has 0 aromatic heterocycles. The van der Waals surface area contributed by atoms with E-state index in [0.717, 1.165) is 5.56 Å². The largest absolute Gasteiger partial charge is 0.497 e. The summed E-state index contributed by atoms with van der Waals surface area (Å²) in [6.45, 7) is 5.50. The third-order valence-corrected chi connectivity index (χ3v) is 7.06. The van der Waals surface area contributed by atoms with Gasteiger partial charge in [0.25, 0.3) is 0 Å². The highest BCUT2D eigenvalue weighted by Gasteiger charge is 2.48. The SMILES string of the molecule is COc1cc(CN2CCN(C(=O)C(C)C)[C@@H]3CS(=O)(=O)C[C@@H]32)cc(OC)c1. The Morgan fingerprint density at radius 2 is 1.67 bits per heavy atom. The van der Waals surface area contributed by atoms with Crippen molar-refractivity contribution in [2.24, 2.45) is 5.92 Å². The topological polar surface area (TPSA) is 76.2 Å². The first-order chi connectivity index (χ1) is 12.7. The Labute approximate surface area is 161 Å². The third kappa shape index (κ3) is 4.21. The highest BCUT2D eigenvalue weighted by atomic mass is 32.2. The predicted molar refractivity (Wildman–Crippen MR) is 103 cm³/mol. The van der Waals surface area contributed by atoms with Crippen LogP contribution in [0.4, 0.5) is 0 Å². The van der Waals surface area contributed by atoms with Crippen LogP contribution in [0.15, 0.2) is 18.2 Å². The monoisotopic (exact) mass is 396 g/mol. The quantitative estimate of drug-likeness (QED) is 0.744. The fraction of sp³-hybridized carbons (Fsp3) is 0.632. The van der Waals surface area contributed by atoms with E-state index in [-0.39, 0.29) is 35.4 Å². The molecule has 1 aromatic rings. The average molecular weight is 397 g/mol. The number of fused-ring (bicyclic) bond motifs is 1. The Hall–Kier alpha value is -1.80. The lowest BCUT2D eigenvalue weighted by atomic mass is 10.0. The van der Waals surface area contributed by atoms with Crippen molar-refractivity contribution in [2.75, 3.05) is 38.8 Å². The van der Waals surface area contributed by atoms with Gasteiger partial charge >= 0.3 is 0 Å². The van der Waals surface area contributed by atoms with Gasteiger partial charge in [-0.3, -0.25) is 9.69 Å². The predicted octanol–water partition coefficient (Wildman–Crippen LogP) is 1.17. The van der Waals surface area contributed by atoms with E-state index in [1.54, 1.807) is 19.1 Å². The minimum atomic E-state index is -3.16. The summed E-state index contributed by atoms with van der Waals surface area (Å²) >= 11 is 0. The lowest BCUT2D eigenvalue weighted by molar-refractivity contribution is -0.140. The highest BCUT2D eigenvalue weighted by molar-refractivity contribution is 7.91. The van der Waals surface area contributed by atoms with Crippen LogP contribution in [0.1, 0.15) is 19.4 Å². The zero-order valence-electron chi connectivity index (χ0n) is 16.3. The maximum Gasteiger partial charge on any atom is 0.225 e. The van der Waals surface area contributed by atoms with Crippen molar-refractivity contribution in [3.8, 4) is 11.5 Å². The van der Waals surface area contributed by atoms with E-state index in [9.17, 15) is 13.2 Å². The average Bonchev–Trinajstić information content (AvgIpc) is 2.96. The van der Waals surface area contributed by atoms with Crippen molar-refractivity contribution in [2.45, 2.75) is 32.5 Å². The third-order valence-electron chi connectivity index (χ3n) is 5.36. The molecule has 0 radical (unpaired) electrons. The van der Waals surface area contributed by atoms with Crippen LogP contribution in [0.2, 0.25) is 0 Å². The fourth-order valence-electron chi connectivity index (χ4n) is 4.02. The molecule has 1 amide bonds. The molecule has 150 valence electrons. The molecule has 0 spiro atoms. The van der Waals surface area contributed by atoms with Crippen molar-refractivity contribution in [3.63, 3.8) is 0 Å². The second-order valence-electron chi connectivity index (χ2n) is 7.59. The van der Waals surface area contributed by atoms with Crippen molar-refractivity contribution in [3.05, 3.63) is 23.8 Å². The summed E-state index contributed by atoms with van der Waals surface area (Å²) < 4.78 is 35.3. The standard InChI is InChI=1S/C19H28N2O5S/c1-13(2)19(22)21-6-5-20(17-11-27(23,24)12-18(17)21)10-14-7-15(25-3)9-16(8-14)26-4/h7-9,13,17-18H,5-6,10-12H2,1-4H3/t17-,18+/m0/s1. The molecule has 0 bridgehead atoms. The number of sulfone groups is 1. The van der Waals surface area contributed by atoms with Crippen molar-refractivity contribution in [1.82, 2.24) is 9.80 Å². The minimum absolute atomic E-state index is 0.0322. The van der Waals surface area contributed by atoms with Crippen LogP contribution in [-0.2, 0) is 21.2 Å². The van der Waals surface area contributed by atoms with Crippen molar-refractivity contribution < 1.29 is 22.7 Å². The molecular formula is C19H28N2O5S. The van der Waals surface area contributed by atoms with E-state index in [1.165, 1.54) is 0 Å². The highest BCUT2D eigenvalue weighted by Crippen LogP contribution is 2.30.